The Morgan fingerprint density at radius 2 is 2.04 bits per heavy atom. The topological polar surface area (TPSA) is 114 Å². The lowest BCUT2D eigenvalue weighted by Gasteiger charge is -2.20. The van der Waals surface area contributed by atoms with E-state index in [1.807, 2.05) is 0 Å². The van der Waals surface area contributed by atoms with Crippen LogP contribution in [0.3, 0.4) is 0 Å². The van der Waals surface area contributed by atoms with Gasteiger partial charge >= 0.3 is 7.60 Å². The van der Waals surface area contributed by atoms with Crippen LogP contribution in [0, 0.1) is 0 Å². The number of nitrogen functional groups attached to an aromatic ring is 1. The summed E-state index contributed by atoms with van der Waals surface area (Å²) in [5, 5.41) is 4.04. The number of aromatic nitrogens is 4. The molecule has 0 bridgehead atoms. The Kier molecular flexibility index (Phi) is 6.61. The number of hydrogen-bond donors (Lipinski definition) is 1. The summed E-state index contributed by atoms with van der Waals surface area (Å²) in [6, 6.07) is 0. The van der Waals surface area contributed by atoms with Crippen molar-refractivity contribution in [3.05, 3.63) is 18.2 Å². The van der Waals surface area contributed by atoms with Crippen LogP contribution >= 0.6 is 7.60 Å². The molecule has 0 aliphatic rings. The van der Waals surface area contributed by atoms with Gasteiger partial charge in [0.15, 0.2) is 11.5 Å². The number of nitrogens with zero attached hydrogens (tertiary/aromatic N) is 4. The maximum absolute atomic E-state index is 13.3. The maximum Gasteiger partial charge on any atom is 0.356 e. The average Bonchev–Trinajstić information content (AvgIpc) is 2.96. The van der Waals surface area contributed by atoms with Gasteiger partial charge in [0, 0.05) is 6.42 Å². The molecule has 2 heterocycles. The van der Waals surface area contributed by atoms with E-state index in [4.69, 9.17) is 19.5 Å². The molecule has 0 amide bonds. The Labute approximate surface area is 138 Å². The quantitative estimate of drug-likeness (QED) is 0.638. The van der Waals surface area contributed by atoms with E-state index >= 15 is 0 Å². The number of anilines is 1. The molecule has 2 aromatic rings. The minimum Gasteiger partial charge on any atom is -0.381 e. The number of halogens is 1. The number of alkyl halides is 1. The SMILES string of the molecule is CCOP(=O)(COC(CF)Cc1cnc2c(N)ncnn12)OCC. The van der Waals surface area contributed by atoms with Crippen molar-refractivity contribution in [1.29, 1.82) is 0 Å². The largest absolute Gasteiger partial charge is 0.381 e. The summed E-state index contributed by atoms with van der Waals surface area (Å²) >= 11 is 0. The molecule has 2 aromatic heterocycles. The van der Waals surface area contributed by atoms with Crippen LogP contribution in [-0.4, -0.2) is 51.9 Å². The third-order valence-corrected chi connectivity index (χ3v) is 4.90. The van der Waals surface area contributed by atoms with Gasteiger partial charge in [-0.25, -0.2) is 18.9 Å². The highest BCUT2D eigenvalue weighted by Crippen LogP contribution is 2.48. The highest BCUT2D eigenvalue weighted by molar-refractivity contribution is 7.53. The van der Waals surface area contributed by atoms with E-state index in [0.717, 1.165) is 0 Å². The van der Waals surface area contributed by atoms with E-state index in [1.54, 1.807) is 13.8 Å². The molecule has 0 radical (unpaired) electrons. The van der Waals surface area contributed by atoms with Crippen LogP contribution in [0.2, 0.25) is 0 Å². The van der Waals surface area contributed by atoms with Crippen molar-refractivity contribution in [3.63, 3.8) is 0 Å². The van der Waals surface area contributed by atoms with Crippen LogP contribution in [0.1, 0.15) is 19.5 Å². The van der Waals surface area contributed by atoms with E-state index in [1.165, 1.54) is 17.0 Å². The monoisotopic (exact) mass is 361 g/mol. The minimum atomic E-state index is -3.39. The van der Waals surface area contributed by atoms with Crippen molar-refractivity contribution in [3.8, 4) is 0 Å². The Morgan fingerprint density at radius 3 is 2.67 bits per heavy atom. The van der Waals surface area contributed by atoms with Gasteiger partial charge in [0.25, 0.3) is 0 Å². The fourth-order valence-electron chi connectivity index (χ4n) is 2.11. The average molecular weight is 361 g/mol. The van der Waals surface area contributed by atoms with Gasteiger partial charge in [-0.3, -0.25) is 4.57 Å². The molecule has 0 spiro atoms. The summed E-state index contributed by atoms with van der Waals surface area (Å²) < 4.78 is 42.8. The third-order valence-electron chi connectivity index (χ3n) is 3.13. The fourth-order valence-corrected chi connectivity index (χ4v) is 3.52. The summed E-state index contributed by atoms with van der Waals surface area (Å²) in [5.41, 5.74) is 6.70. The number of hydrogen-bond acceptors (Lipinski definition) is 8. The van der Waals surface area contributed by atoms with Gasteiger partial charge in [-0.1, -0.05) is 0 Å². The molecular formula is C13H21FN5O4P. The van der Waals surface area contributed by atoms with Crippen LogP contribution in [0.25, 0.3) is 5.65 Å². The second-order valence-electron chi connectivity index (χ2n) is 4.85. The first-order chi connectivity index (χ1) is 11.5. The van der Waals surface area contributed by atoms with Crippen molar-refractivity contribution in [1.82, 2.24) is 19.6 Å². The number of rotatable bonds is 10. The Bertz CT molecular complexity index is 703. The van der Waals surface area contributed by atoms with Gasteiger partial charge in [0.05, 0.1) is 31.2 Å². The lowest BCUT2D eigenvalue weighted by Crippen LogP contribution is -2.21. The summed E-state index contributed by atoms with van der Waals surface area (Å²) in [5.74, 6) is 0.228. The molecule has 0 aromatic carbocycles. The number of fused-ring (bicyclic) bond motifs is 1. The van der Waals surface area contributed by atoms with E-state index in [0.29, 0.717) is 11.3 Å². The first-order valence-corrected chi connectivity index (χ1v) is 9.24. The van der Waals surface area contributed by atoms with Crippen molar-refractivity contribution >= 4 is 19.1 Å². The Morgan fingerprint density at radius 1 is 1.33 bits per heavy atom. The molecule has 0 aliphatic carbocycles. The van der Waals surface area contributed by atoms with E-state index in [2.05, 4.69) is 15.1 Å². The standard InChI is InChI=1S/C13H21FN5O4P/c1-3-22-24(20,23-4-2)9-21-11(6-14)5-10-7-16-13-12(15)17-8-18-19(10)13/h7-8,11H,3-6,9H2,1-2H3,(H2,15,17,18). The molecule has 1 unspecified atom stereocenters. The molecule has 0 fully saturated rings. The zero-order valence-corrected chi connectivity index (χ0v) is 14.5. The van der Waals surface area contributed by atoms with Gasteiger partial charge < -0.3 is 19.5 Å². The molecule has 1 atom stereocenters. The molecule has 11 heteroatoms. The van der Waals surface area contributed by atoms with E-state index < -0.39 is 20.4 Å². The molecule has 0 saturated heterocycles. The van der Waals surface area contributed by atoms with Gasteiger partial charge in [0.2, 0.25) is 0 Å². The van der Waals surface area contributed by atoms with Gasteiger partial charge in [0.1, 0.15) is 19.3 Å². The van der Waals surface area contributed by atoms with Crippen molar-refractivity contribution in [2.75, 3.05) is 32.0 Å². The summed E-state index contributed by atoms with van der Waals surface area (Å²) in [6.45, 7) is 3.04. The van der Waals surface area contributed by atoms with Crippen LogP contribution in [0.4, 0.5) is 10.2 Å². The Balaban J connectivity index is 2.06. The first-order valence-electron chi connectivity index (χ1n) is 7.51. The van der Waals surface area contributed by atoms with Gasteiger partial charge in [-0.05, 0) is 13.8 Å². The smallest absolute Gasteiger partial charge is 0.356 e. The number of imidazole rings is 1. The van der Waals surface area contributed by atoms with E-state index in [9.17, 15) is 8.96 Å². The van der Waals surface area contributed by atoms with E-state index in [-0.39, 0.29) is 31.8 Å². The summed E-state index contributed by atoms with van der Waals surface area (Å²) in [6.07, 6.45) is 1.83. The van der Waals surface area contributed by atoms with Gasteiger partial charge in [-0.15, -0.1) is 0 Å². The Hall–Kier alpha value is -1.61. The van der Waals surface area contributed by atoms with Crippen LogP contribution < -0.4 is 5.73 Å². The lowest BCUT2D eigenvalue weighted by atomic mass is 10.2. The fraction of sp³-hybridized carbons (Fsp3) is 0.615. The molecule has 0 saturated carbocycles. The van der Waals surface area contributed by atoms with Crippen molar-refractivity contribution < 1.29 is 22.7 Å². The number of ether oxygens (including phenoxy) is 1. The summed E-state index contributed by atoms with van der Waals surface area (Å²) in [7, 11) is -3.39. The molecule has 134 valence electrons. The third kappa shape index (κ3) is 4.47. The second kappa shape index (κ2) is 8.48. The van der Waals surface area contributed by atoms with Crippen LogP contribution in [0.15, 0.2) is 12.5 Å². The summed E-state index contributed by atoms with van der Waals surface area (Å²) in [4.78, 5) is 7.94. The second-order valence-corrected chi connectivity index (χ2v) is 6.85. The zero-order chi connectivity index (χ0) is 17.6. The predicted molar refractivity (Wildman–Crippen MR) is 85.5 cm³/mol. The molecule has 9 nitrogen and oxygen atoms in total. The molecular weight excluding hydrogens is 340 g/mol. The van der Waals surface area contributed by atoms with Crippen LogP contribution in [0.5, 0.6) is 0 Å². The molecule has 2 N–H and O–H groups in total. The minimum absolute atomic E-state index is 0.173. The molecule has 24 heavy (non-hydrogen) atoms. The van der Waals surface area contributed by atoms with Crippen molar-refractivity contribution in [2.45, 2.75) is 26.4 Å². The molecule has 2 rings (SSSR count). The van der Waals surface area contributed by atoms with Gasteiger partial charge in [-0.2, -0.15) is 5.10 Å². The lowest BCUT2D eigenvalue weighted by molar-refractivity contribution is 0.0484. The number of nitrogens with two attached hydrogens (primary N) is 1. The molecule has 0 aliphatic heterocycles. The first kappa shape index (κ1) is 18.7. The zero-order valence-electron chi connectivity index (χ0n) is 13.6. The normalized spacial score (nSPS) is 13.5. The highest BCUT2D eigenvalue weighted by Gasteiger charge is 2.26. The predicted octanol–water partition coefficient (Wildman–Crippen LogP) is 1.83. The maximum atomic E-state index is 13.3. The van der Waals surface area contributed by atoms with Crippen molar-refractivity contribution in [2.24, 2.45) is 0 Å². The highest BCUT2D eigenvalue weighted by atomic mass is 31.2. The van der Waals surface area contributed by atoms with Crippen LogP contribution in [-0.2, 0) is 24.8 Å².